The molecule has 156 valence electrons. The zero-order valence-corrected chi connectivity index (χ0v) is 17.5. The van der Waals surface area contributed by atoms with Crippen LogP contribution in [0.1, 0.15) is 30.7 Å². The first-order valence-corrected chi connectivity index (χ1v) is 10.5. The molecule has 1 aliphatic rings. The summed E-state index contributed by atoms with van der Waals surface area (Å²) in [5, 5.41) is 0. The highest BCUT2D eigenvalue weighted by Gasteiger charge is 2.23. The van der Waals surface area contributed by atoms with Gasteiger partial charge in [-0.2, -0.15) is 0 Å². The molecule has 0 unspecified atom stereocenters. The van der Waals surface area contributed by atoms with Gasteiger partial charge < -0.3 is 14.5 Å². The van der Waals surface area contributed by atoms with E-state index < -0.39 is 0 Å². The number of benzene rings is 2. The summed E-state index contributed by atoms with van der Waals surface area (Å²) in [7, 11) is 0. The number of fused-ring (bicyclic) bond motifs is 1. The maximum atomic E-state index is 12.8. The molecule has 6 heteroatoms. The maximum Gasteiger partial charge on any atom is 0.255 e. The molecule has 0 fully saturated rings. The van der Waals surface area contributed by atoms with Crippen molar-refractivity contribution in [3.63, 3.8) is 0 Å². The van der Waals surface area contributed by atoms with Gasteiger partial charge in [-0.05, 0) is 19.9 Å². The Balaban J connectivity index is 1.57. The first-order chi connectivity index (χ1) is 14.7. The van der Waals surface area contributed by atoms with Gasteiger partial charge in [-0.25, -0.2) is 4.98 Å². The van der Waals surface area contributed by atoms with Gasteiger partial charge in [-0.3, -0.25) is 9.69 Å². The molecule has 0 atom stereocenters. The van der Waals surface area contributed by atoms with Crippen LogP contribution in [0.25, 0.3) is 11.4 Å². The standard InChI is InChI=1S/C24H27N3O3/c1-3-29-21-12-8-11-18(22(21)30-4-2)15-27-14-13-20-19(16-27)24(28)26-23(25-20)17-9-6-5-7-10-17/h5-12H,3-4,13-16H2,1-2H3,(H,25,26,28). The summed E-state index contributed by atoms with van der Waals surface area (Å²) in [5.41, 5.74) is 3.57. The average molecular weight is 405 g/mol. The number of aromatic amines is 1. The third-order valence-corrected chi connectivity index (χ3v) is 5.24. The lowest BCUT2D eigenvalue weighted by atomic mass is 10.0. The van der Waals surface area contributed by atoms with Crippen LogP contribution in [0, 0.1) is 0 Å². The highest BCUT2D eigenvalue weighted by Crippen LogP contribution is 2.33. The third-order valence-electron chi connectivity index (χ3n) is 5.24. The van der Waals surface area contributed by atoms with Gasteiger partial charge in [0, 0.05) is 37.2 Å². The van der Waals surface area contributed by atoms with Gasteiger partial charge in [0.05, 0.1) is 24.5 Å². The molecule has 0 aliphatic carbocycles. The highest BCUT2D eigenvalue weighted by molar-refractivity contribution is 5.55. The fourth-order valence-electron chi connectivity index (χ4n) is 3.85. The molecule has 2 heterocycles. The molecule has 0 saturated carbocycles. The summed E-state index contributed by atoms with van der Waals surface area (Å²) in [4.78, 5) is 22.8. The Morgan fingerprint density at radius 3 is 2.60 bits per heavy atom. The average Bonchev–Trinajstić information content (AvgIpc) is 2.77. The molecule has 1 N–H and O–H groups in total. The molecule has 4 rings (SSSR count). The predicted octanol–water partition coefficient (Wildman–Crippen LogP) is 3.79. The number of hydrogen-bond acceptors (Lipinski definition) is 5. The predicted molar refractivity (Wildman–Crippen MR) is 117 cm³/mol. The molecule has 0 saturated heterocycles. The number of hydrogen-bond donors (Lipinski definition) is 1. The summed E-state index contributed by atoms with van der Waals surface area (Å²) >= 11 is 0. The normalized spacial score (nSPS) is 13.7. The zero-order valence-electron chi connectivity index (χ0n) is 17.5. The van der Waals surface area contributed by atoms with Gasteiger partial charge in [-0.1, -0.05) is 42.5 Å². The summed E-state index contributed by atoms with van der Waals surface area (Å²) in [6, 6.07) is 15.7. The molecular weight excluding hydrogens is 378 g/mol. The van der Waals surface area contributed by atoms with Gasteiger partial charge in [0.25, 0.3) is 5.56 Å². The smallest absolute Gasteiger partial charge is 0.255 e. The van der Waals surface area contributed by atoms with Gasteiger partial charge in [0.2, 0.25) is 0 Å². The van der Waals surface area contributed by atoms with E-state index in [2.05, 4.69) is 16.0 Å². The quantitative estimate of drug-likeness (QED) is 0.648. The Hall–Kier alpha value is -3.12. The lowest BCUT2D eigenvalue weighted by Gasteiger charge is -2.28. The minimum absolute atomic E-state index is 0.0587. The van der Waals surface area contributed by atoms with Crippen LogP contribution in [-0.4, -0.2) is 34.6 Å². The van der Waals surface area contributed by atoms with Crippen molar-refractivity contribution in [2.75, 3.05) is 19.8 Å². The summed E-state index contributed by atoms with van der Waals surface area (Å²) < 4.78 is 11.6. The van der Waals surface area contributed by atoms with Crippen LogP contribution in [0.2, 0.25) is 0 Å². The van der Waals surface area contributed by atoms with Crippen molar-refractivity contribution in [2.24, 2.45) is 0 Å². The van der Waals surface area contributed by atoms with Crippen molar-refractivity contribution in [1.82, 2.24) is 14.9 Å². The van der Waals surface area contributed by atoms with Crippen LogP contribution in [0.5, 0.6) is 11.5 Å². The molecule has 0 radical (unpaired) electrons. The van der Waals surface area contributed by atoms with E-state index in [9.17, 15) is 4.79 Å². The Labute approximate surface area is 176 Å². The molecule has 1 aromatic heterocycles. The van der Waals surface area contributed by atoms with Crippen molar-refractivity contribution in [2.45, 2.75) is 33.4 Å². The van der Waals surface area contributed by atoms with Gasteiger partial charge in [0.15, 0.2) is 11.5 Å². The monoisotopic (exact) mass is 405 g/mol. The largest absolute Gasteiger partial charge is 0.490 e. The van der Waals surface area contributed by atoms with Crippen molar-refractivity contribution < 1.29 is 9.47 Å². The molecule has 2 aromatic carbocycles. The Morgan fingerprint density at radius 2 is 1.83 bits per heavy atom. The van der Waals surface area contributed by atoms with Crippen LogP contribution in [0.3, 0.4) is 0 Å². The summed E-state index contributed by atoms with van der Waals surface area (Å²) in [5.74, 6) is 2.19. The van der Waals surface area contributed by atoms with E-state index in [4.69, 9.17) is 14.5 Å². The van der Waals surface area contributed by atoms with Gasteiger partial charge in [-0.15, -0.1) is 0 Å². The van der Waals surface area contributed by atoms with E-state index in [1.165, 1.54) is 0 Å². The van der Waals surface area contributed by atoms with Crippen LogP contribution in [-0.2, 0) is 19.5 Å². The molecule has 3 aromatic rings. The van der Waals surface area contributed by atoms with E-state index in [-0.39, 0.29) is 5.56 Å². The molecule has 0 spiro atoms. The van der Waals surface area contributed by atoms with Crippen molar-refractivity contribution in [3.05, 3.63) is 75.7 Å². The van der Waals surface area contributed by atoms with Crippen molar-refractivity contribution >= 4 is 0 Å². The fraction of sp³-hybridized carbons (Fsp3) is 0.333. The minimum Gasteiger partial charge on any atom is -0.490 e. The van der Waals surface area contributed by atoms with E-state index in [1.807, 2.05) is 56.3 Å². The second-order valence-electron chi connectivity index (χ2n) is 7.28. The molecule has 1 aliphatic heterocycles. The van der Waals surface area contributed by atoms with E-state index in [1.54, 1.807) is 0 Å². The number of nitrogens with zero attached hydrogens (tertiary/aromatic N) is 2. The number of rotatable bonds is 7. The molecule has 0 amide bonds. The van der Waals surface area contributed by atoms with E-state index >= 15 is 0 Å². The SMILES string of the molecule is CCOc1cccc(CN2CCc3nc(-c4ccccc4)[nH]c(=O)c3C2)c1OCC. The Bertz CT molecular complexity index is 1060. The Morgan fingerprint density at radius 1 is 1.03 bits per heavy atom. The minimum atomic E-state index is -0.0587. The number of nitrogens with one attached hydrogen (secondary N) is 1. The van der Waals surface area contributed by atoms with Gasteiger partial charge in [0.1, 0.15) is 5.82 Å². The fourth-order valence-corrected chi connectivity index (χ4v) is 3.85. The second kappa shape index (κ2) is 9.13. The van der Waals surface area contributed by atoms with E-state index in [0.717, 1.165) is 46.8 Å². The first-order valence-electron chi connectivity index (χ1n) is 10.5. The van der Waals surface area contributed by atoms with Crippen LogP contribution >= 0.6 is 0 Å². The number of ether oxygens (including phenoxy) is 2. The van der Waals surface area contributed by atoms with Crippen LogP contribution in [0.4, 0.5) is 0 Å². The van der Waals surface area contributed by atoms with Crippen molar-refractivity contribution in [1.29, 1.82) is 0 Å². The van der Waals surface area contributed by atoms with Crippen molar-refractivity contribution in [3.8, 4) is 22.9 Å². The molecule has 0 bridgehead atoms. The first kappa shape index (κ1) is 20.2. The van der Waals surface area contributed by atoms with E-state index in [0.29, 0.717) is 32.1 Å². The summed E-state index contributed by atoms with van der Waals surface area (Å²) in [6.45, 7) is 7.19. The zero-order chi connectivity index (χ0) is 20.9. The van der Waals surface area contributed by atoms with Crippen LogP contribution in [0.15, 0.2) is 53.3 Å². The summed E-state index contributed by atoms with van der Waals surface area (Å²) in [6.07, 6.45) is 0.744. The second-order valence-corrected chi connectivity index (χ2v) is 7.28. The molecular formula is C24H27N3O3. The van der Waals surface area contributed by atoms with Gasteiger partial charge >= 0.3 is 0 Å². The Kier molecular flexibility index (Phi) is 6.14. The topological polar surface area (TPSA) is 67.5 Å². The van der Waals surface area contributed by atoms with Crippen LogP contribution < -0.4 is 15.0 Å². The lowest BCUT2D eigenvalue weighted by molar-refractivity contribution is 0.232. The molecule has 30 heavy (non-hydrogen) atoms. The number of H-pyrrole nitrogens is 1. The maximum absolute atomic E-state index is 12.8. The highest BCUT2D eigenvalue weighted by atomic mass is 16.5. The number of aromatic nitrogens is 2. The molecule has 6 nitrogen and oxygen atoms in total. The number of para-hydroxylation sites is 1. The third kappa shape index (κ3) is 4.24. The lowest BCUT2D eigenvalue weighted by Crippen LogP contribution is -2.35.